The minimum Gasteiger partial charge on any atom is -0.489 e. The lowest BCUT2D eigenvalue weighted by molar-refractivity contribution is -0.135. The molecular formula is C15H21FN2O2. The number of carbonyl (C=O) groups is 1. The molecule has 1 aliphatic rings. The van der Waals surface area contributed by atoms with Crippen LogP contribution >= 0.6 is 0 Å². The molecule has 0 aromatic heterocycles. The van der Waals surface area contributed by atoms with Crippen LogP contribution in [0.1, 0.15) is 12.8 Å². The number of piperidine rings is 1. The number of hydrogen-bond acceptors (Lipinski definition) is 3. The Morgan fingerprint density at radius 2 is 2.30 bits per heavy atom. The Hall–Kier alpha value is -1.62. The molecule has 20 heavy (non-hydrogen) atoms. The predicted molar refractivity (Wildman–Crippen MR) is 75.1 cm³/mol. The number of halogens is 1. The number of hydrogen-bond donors (Lipinski definition) is 1. The van der Waals surface area contributed by atoms with Crippen molar-refractivity contribution in [2.24, 2.45) is 5.92 Å². The molecule has 1 heterocycles. The van der Waals surface area contributed by atoms with Crippen LogP contribution in [0.4, 0.5) is 4.39 Å². The third kappa shape index (κ3) is 3.93. The van der Waals surface area contributed by atoms with E-state index in [4.69, 9.17) is 4.74 Å². The highest BCUT2D eigenvalue weighted by molar-refractivity contribution is 5.78. The van der Waals surface area contributed by atoms with E-state index in [2.05, 4.69) is 5.32 Å². The van der Waals surface area contributed by atoms with Crippen LogP contribution in [-0.4, -0.2) is 44.1 Å². The van der Waals surface area contributed by atoms with Gasteiger partial charge in [-0.25, -0.2) is 4.39 Å². The van der Waals surface area contributed by atoms with Gasteiger partial charge in [0.2, 0.25) is 5.91 Å². The summed E-state index contributed by atoms with van der Waals surface area (Å²) in [7, 11) is 1.77. The summed E-state index contributed by atoms with van der Waals surface area (Å²) in [5, 5.41) is 3.23. The Morgan fingerprint density at radius 1 is 1.50 bits per heavy atom. The number of carbonyl (C=O) groups excluding carboxylic acids is 1. The van der Waals surface area contributed by atoms with Gasteiger partial charge in [-0.3, -0.25) is 4.79 Å². The van der Waals surface area contributed by atoms with Crippen molar-refractivity contribution in [3.8, 4) is 5.75 Å². The van der Waals surface area contributed by atoms with Gasteiger partial charge in [0.1, 0.15) is 6.61 Å². The third-order valence-electron chi connectivity index (χ3n) is 3.54. The first-order valence-corrected chi connectivity index (χ1v) is 7.01. The Bertz CT molecular complexity index is 447. The molecule has 1 amide bonds. The summed E-state index contributed by atoms with van der Waals surface area (Å²) in [4.78, 5) is 13.8. The minimum absolute atomic E-state index is 0.0576. The van der Waals surface area contributed by atoms with E-state index < -0.39 is 0 Å². The largest absolute Gasteiger partial charge is 0.489 e. The van der Waals surface area contributed by atoms with Crippen LogP contribution in [0, 0.1) is 11.7 Å². The summed E-state index contributed by atoms with van der Waals surface area (Å²) in [6.45, 7) is 2.49. The van der Waals surface area contributed by atoms with E-state index in [1.54, 1.807) is 30.1 Å². The molecule has 0 radical (unpaired) electrons. The number of nitrogens with zero attached hydrogens (tertiary/aromatic N) is 1. The fourth-order valence-electron chi connectivity index (χ4n) is 2.34. The zero-order valence-electron chi connectivity index (χ0n) is 11.8. The van der Waals surface area contributed by atoms with Crippen LogP contribution in [-0.2, 0) is 4.79 Å². The summed E-state index contributed by atoms with van der Waals surface area (Å²) >= 11 is 0. The molecule has 1 aromatic carbocycles. The molecule has 5 heteroatoms. The van der Waals surface area contributed by atoms with Crippen LogP contribution in [0.2, 0.25) is 0 Å². The van der Waals surface area contributed by atoms with Crippen molar-refractivity contribution in [1.29, 1.82) is 0 Å². The SMILES string of the molecule is CN(CCOc1ccccc1F)C(=O)C1CCCNC1. The molecule has 1 N–H and O–H groups in total. The first kappa shape index (κ1) is 14.8. The predicted octanol–water partition coefficient (Wildman–Crippen LogP) is 1.66. The maximum atomic E-state index is 13.3. The van der Waals surface area contributed by atoms with E-state index in [1.807, 2.05) is 0 Å². The summed E-state index contributed by atoms with van der Waals surface area (Å²) < 4.78 is 18.7. The first-order valence-electron chi connectivity index (χ1n) is 7.01. The molecule has 2 rings (SSSR count). The number of benzene rings is 1. The van der Waals surface area contributed by atoms with Crippen LogP contribution in [0.15, 0.2) is 24.3 Å². The molecule has 0 bridgehead atoms. The van der Waals surface area contributed by atoms with Gasteiger partial charge in [-0.2, -0.15) is 0 Å². The topological polar surface area (TPSA) is 41.6 Å². The number of para-hydroxylation sites is 1. The molecule has 1 saturated heterocycles. The standard InChI is InChI=1S/C15H21FN2O2/c1-18(15(19)12-5-4-8-17-11-12)9-10-20-14-7-3-2-6-13(14)16/h2-3,6-7,12,17H,4-5,8-11H2,1H3. The molecule has 0 saturated carbocycles. The molecule has 1 fully saturated rings. The maximum absolute atomic E-state index is 13.3. The average molecular weight is 280 g/mol. The highest BCUT2D eigenvalue weighted by Gasteiger charge is 2.23. The highest BCUT2D eigenvalue weighted by atomic mass is 19.1. The number of likely N-dealkylation sites (N-methyl/N-ethyl adjacent to an activating group) is 1. The lowest BCUT2D eigenvalue weighted by Gasteiger charge is -2.27. The van der Waals surface area contributed by atoms with Crippen molar-refractivity contribution in [3.63, 3.8) is 0 Å². The van der Waals surface area contributed by atoms with Crippen molar-refractivity contribution in [1.82, 2.24) is 10.2 Å². The van der Waals surface area contributed by atoms with Crippen molar-refractivity contribution < 1.29 is 13.9 Å². The van der Waals surface area contributed by atoms with Crippen molar-refractivity contribution in [2.75, 3.05) is 33.3 Å². The number of amides is 1. The smallest absolute Gasteiger partial charge is 0.226 e. The van der Waals surface area contributed by atoms with E-state index in [-0.39, 0.29) is 23.4 Å². The number of rotatable bonds is 5. The van der Waals surface area contributed by atoms with Crippen LogP contribution in [0.5, 0.6) is 5.75 Å². The summed E-state index contributed by atoms with van der Waals surface area (Å²) in [5.74, 6) is 0.0437. The zero-order valence-corrected chi connectivity index (χ0v) is 11.8. The molecule has 1 aliphatic heterocycles. The molecule has 4 nitrogen and oxygen atoms in total. The van der Waals surface area contributed by atoms with Gasteiger partial charge in [0, 0.05) is 13.6 Å². The normalized spacial score (nSPS) is 18.6. The zero-order chi connectivity index (χ0) is 14.4. The lowest BCUT2D eigenvalue weighted by atomic mass is 9.98. The Labute approximate surface area is 118 Å². The Balaban J connectivity index is 1.75. The van der Waals surface area contributed by atoms with Gasteiger partial charge in [-0.05, 0) is 31.5 Å². The number of nitrogens with one attached hydrogen (secondary N) is 1. The van der Waals surface area contributed by atoms with Gasteiger partial charge < -0.3 is 15.0 Å². The van der Waals surface area contributed by atoms with E-state index in [1.165, 1.54) is 6.07 Å². The second-order valence-electron chi connectivity index (χ2n) is 5.08. The molecule has 110 valence electrons. The van der Waals surface area contributed by atoms with Gasteiger partial charge in [-0.15, -0.1) is 0 Å². The monoisotopic (exact) mass is 280 g/mol. The summed E-state index contributed by atoms with van der Waals surface area (Å²) in [5.41, 5.74) is 0. The van der Waals surface area contributed by atoms with E-state index in [0.29, 0.717) is 13.2 Å². The fraction of sp³-hybridized carbons (Fsp3) is 0.533. The van der Waals surface area contributed by atoms with Gasteiger partial charge in [-0.1, -0.05) is 12.1 Å². The Morgan fingerprint density at radius 3 is 3.00 bits per heavy atom. The molecule has 1 atom stereocenters. The maximum Gasteiger partial charge on any atom is 0.226 e. The van der Waals surface area contributed by atoms with Gasteiger partial charge in [0.05, 0.1) is 12.5 Å². The molecule has 1 unspecified atom stereocenters. The Kier molecular flexibility index (Phi) is 5.35. The van der Waals surface area contributed by atoms with Crippen molar-refractivity contribution in [2.45, 2.75) is 12.8 Å². The van der Waals surface area contributed by atoms with Crippen molar-refractivity contribution >= 4 is 5.91 Å². The van der Waals surface area contributed by atoms with Gasteiger partial charge >= 0.3 is 0 Å². The average Bonchev–Trinajstić information content (AvgIpc) is 2.49. The van der Waals surface area contributed by atoms with Crippen molar-refractivity contribution in [3.05, 3.63) is 30.1 Å². The summed E-state index contributed by atoms with van der Waals surface area (Å²) in [6, 6.07) is 6.29. The van der Waals surface area contributed by atoms with Crippen LogP contribution < -0.4 is 10.1 Å². The quantitative estimate of drug-likeness (QED) is 0.892. The summed E-state index contributed by atoms with van der Waals surface area (Å²) in [6.07, 6.45) is 1.97. The fourth-order valence-corrected chi connectivity index (χ4v) is 2.34. The second kappa shape index (κ2) is 7.24. The first-order chi connectivity index (χ1) is 9.68. The highest BCUT2D eigenvalue weighted by Crippen LogP contribution is 2.16. The minimum atomic E-state index is -0.377. The van der Waals surface area contributed by atoms with Gasteiger partial charge in [0.15, 0.2) is 11.6 Å². The molecule has 0 spiro atoms. The number of ether oxygens (including phenoxy) is 1. The van der Waals surface area contributed by atoms with Gasteiger partial charge in [0.25, 0.3) is 0 Å². The van der Waals surface area contributed by atoms with E-state index >= 15 is 0 Å². The lowest BCUT2D eigenvalue weighted by Crippen LogP contribution is -2.42. The van der Waals surface area contributed by atoms with Crippen LogP contribution in [0.3, 0.4) is 0 Å². The van der Waals surface area contributed by atoms with Crippen LogP contribution in [0.25, 0.3) is 0 Å². The van der Waals surface area contributed by atoms with E-state index in [0.717, 1.165) is 25.9 Å². The van der Waals surface area contributed by atoms with E-state index in [9.17, 15) is 9.18 Å². The molecule has 1 aromatic rings. The third-order valence-corrected chi connectivity index (χ3v) is 3.54. The molecular weight excluding hydrogens is 259 g/mol. The second-order valence-corrected chi connectivity index (χ2v) is 5.08. The molecule has 0 aliphatic carbocycles.